The molecular formula is C20H18N6O2S. The average molecular weight is 406 g/mol. The van der Waals surface area contributed by atoms with Crippen LogP contribution in [0.4, 0.5) is 5.82 Å². The Morgan fingerprint density at radius 2 is 1.86 bits per heavy atom. The topological polar surface area (TPSA) is 98.7 Å². The zero-order valence-electron chi connectivity index (χ0n) is 15.8. The van der Waals surface area contributed by atoms with Gasteiger partial charge in [0, 0.05) is 6.07 Å². The zero-order chi connectivity index (χ0) is 20.2. The van der Waals surface area contributed by atoms with Crippen molar-refractivity contribution in [3.05, 3.63) is 77.6 Å². The monoisotopic (exact) mass is 406 g/mol. The van der Waals surface area contributed by atoms with Crippen LogP contribution in [0.15, 0.2) is 70.3 Å². The molecule has 0 aliphatic carbocycles. The van der Waals surface area contributed by atoms with E-state index in [0.717, 1.165) is 16.8 Å². The van der Waals surface area contributed by atoms with Crippen LogP contribution in [0.2, 0.25) is 0 Å². The molecule has 8 nitrogen and oxygen atoms in total. The molecule has 0 saturated carbocycles. The maximum absolute atomic E-state index is 13.0. The van der Waals surface area contributed by atoms with Gasteiger partial charge in [-0.05, 0) is 42.0 Å². The lowest BCUT2D eigenvalue weighted by atomic mass is 10.1. The minimum atomic E-state index is -0.580. The van der Waals surface area contributed by atoms with Crippen molar-refractivity contribution in [1.82, 2.24) is 25.4 Å². The van der Waals surface area contributed by atoms with E-state index in [1.807, 2.05) is 61.5 Å². The lowest BCUT2D eigenvalue weighted by Gasteiger charge is -2.15. The predicted molar refractivity (Wildman–Crippen MR) is 109 cm³/mol. The Hall–Kier alpha value is -3.46. The Bertz CT molecular complexity index is 1110. The van der Waals surface area contributed by atoms with Crippen molar-refractivity contribution in [1.29, 1.82) is 0 Å². The number of nitrogens with zero attached hydrogens (tertiary/aromatic N) is 5. The van der Waals surface area contributed by atoms with E-state index in [1.165, 1.54) is 11.8 Å². The molecule has 9 heteroatoms. The number of anilines is 1. The minimum Gasteiger partial charge on any atom is -0.360 e. The van der Waals surface area contributed by atoms with Gasteiger partial charge in [0.15, 0.2) is 5.82 Å². The molecule has 1 N–H and O–H groups in total. The van der Waals surface area contributed by atoms with Gasteiger partial charge in [-0.2, -0.15) is 4.68 Å². The summed E-state index contributed by atoms with van der Waals surface area (Å²) in [6, 6.07) is 19.0. The number of nitrogens with one attached hydrogen (secondary N) is 1. The first-order chi connectivity index (χ1) is 14.1. The van der Waals surface area contributed by atoms with E-state index in [9.17, 15) is 4.79 Å². The lowest BCUT2D eigenvalue weighted by Crippen LogP contribution is -2.19. The van der Waals surface area contributed by atoms with Crippen LogP contribution in [-0.4, -0.2) is 31.3 Å². The predicted octanol–water partition coefficient (Wildman–Crippen LogP) is 3.74. The summed E-state index contributed by atoms with van der Waals surface area (Å²) >= 11 is 1.26. The first kappa shape index (κ1) is 18.9. The van der Waals surface area contributed by atoms with Crippen LogP contribution in [0.25, 0.3) is 5.69 Å². The fourth-order valence-corrected chi connectivity index (χ4v) is 3.72. The van der Waals surface area contributed by atoms with Crippen molar-refractivity contribution in [3.8, 4) is 5.69 Å². The van der Waals surface area contributed by atoms with E-state index in [1.54, 1.807) is 17.7 Å². The normalized spacial score (nSPS) is 11.9. The summed E-state index contributed by atoms with van der Waals surface area (Å²) in [5.41, 5.74) is 2.79. The summed E-state index contributed by atoms with van der Waals surface area (Å²) in [6.45, 7) is 3.78. The molecule has 0 fully saturated rings. The maximum atomic E-state index is 13.0. The van der Waals surface area contributed by atoms with Crippen molar-refractivity contribution in [3.63, 3.8) is 0 Å². The SMILES string of the molecule is Cc1ccc(-n2nnnc2SC(C(=O)Nc2cc(C)on2)c2ccccc2)cc1. The van der Waals surface area contributed by atoms with Gasteiger partial charge in [0.1, 0.15) is 11.0 Å². The molecule has 0 aliphatic heterocycles. The van der Waals surface area contributed by atoms with Crippen LogP contribution in [-0.2, 0) is 4.79 Å². The molecular weight excluding hydrogens is 388 g/mol. The number of aromatic nitrogens is 5. The Morgan fingerprint density at radius 1 is 1.10 bits per heavy atom. The first-order valence-electron chi connectivity index (χ1n) is 8.91. The highest BCUT2D eigenvalue weighted by Crippen LogP contribution is 2.35. The first-order valence-corrected chi connectivity index (χ1v) is 9.79. The molecule has 0 aliphatic rings. The Balaban J connectivity index is 1.64. The van der Waals surface area contributed by atoms with Gasteiger partial charge in [0.25, 0.3) is 0 Å². The molecule has 0 radical (unpaired) electrons. The van der Waals surface area contributed by atoms with Gasteiger partial charge in [-0.3, -0.25) is 4.79 Å². The van der Waals surface area contributed by atoms with E-state index in [4.69, 9.17) is 4.52 Å². The molecule has 0 spiro atoms. The molecule has 4 rings (SSSR count). The highest BCUT2D eigenvalue weighted by molar-refractivity contribution is 8.00. The van der Waals surface area contributed by atoms with Crippen LogP contribution < -0.4 is 5.32 Å². The third kappa shape index (κ3) is 4.35. The van der Waals surface area contributed by atoms with Crippen molar-refractivity contribution < 1.29 is 9.32 Å². The van der Waals surface area contributed by atoms with Crippen LogP contribution in [0.1, 0.15) is 22.1 Å². The summed E-state index contributed by atoms with van der Waals surface area (Å²) in [4.78, 5) is 13.0. The molecule has 1 atom stereocenters. The van der Waals surface area contributed by atoms with Gasteiger partial charge in [-0.25, -0.2) is 0 Å². The van der Waals surface area contributed by atoms with Gasteiger partial charge >= 0.3 is 0 Å². The van der Waals surface area contributed by atoms with Gasteiger partial charge in [-0.15, -0.1) is 5.10 Å². The third-order valence-electron chi connectivity index (χ3n) is 4.16. The van der Waals surface area contributed by atoms with E-state index in [2.05, 4.69) is 26.0 Å². The second kappa shape index (κ2) is 8.27. The van der Waals surface area contributed by atoms with E-state index in [-0.39, 0.29) is 5.91 Å². The van der Waals surface area contributed by atoms with Crippen molar-refractivity contribution in [2.75, 3.05) is 5.32 Å². The number of hydrogen-bond donors (Lipinski definition) is 1. The van der Waals surface area contributed by atoms with Crippen LogP contribution in [0.5, 0.6) is 0 Å². The van der Waals surface area contributed by atoms with Gasteiger partial charge < -0.3 is 9.84 Å². The Kier molecular flexibility index (Phi) is 5.39. The molecule has 0 bridgehead atoms. The van der Waals surface area contributed by atoms with Crippen molar-refractivity contribution in [2.45, 2.75) is 24.3 Å². The van der Waals surface area contributed by atoms with Gasteiger partial charge in [0.05, 0.1) is 5.69 Å². The zero-order valence-corrected chi connectivity index (χ0v) is 16.6. The number of hydrogen-bond acceptors (Lipinski definition) is 7. The molecule has 2 aromatic heterocycles. The summed E-state index contributed by atoms with van der Waals surface area (Å²) in [5, 5.41) is 18.6. The van der Waals surface area contributed by atoms with Crippen molar-refractivity contribution >= 4 is 23.5 Å². The average Bonchev–Trinajstić information content (AvgIpc) is 3.36. The van der Waals surface area contributed by atoms with Crippen molar-refractivity contribution in [2.24, 2.45) is 0 Å². The highest BCUT2D eigenvalue weighted by atomic mass is 32.2. The molecule has 1 unspecified atom stereocenters. The third-order valence-corrected chi connectivity index (χ3v) is 5.35. The van der Waals surface area contributed by atoms with Gasteiger partial charge in [0.2, 0.25) is 11.1 Å². The molecule has 29 heavy (non-hydrogen) atoms. The number of carbonyl (C=O) groups is 1. The minimum absolute atomic E-state index is 0.243. The molecule has 146 valence electrons. The Labute approximate surface area is 171 Å². The second-order valence-corrected chi connectivity index (χ2v) is 7.50. The van der Waals surface area contributed by atoms with E-state index in [0.29, 0.717) is 16.7 Å². The lowest BCUT2D eigenvalue weighted by molar-refractivity contribution is -0.115. The fourth-order valence-electron chi connectivity index (χ4n) is 2.72. The second-order valence-electron chi connectivity index (χ2n) is 6.43. The highest BCUT2D eigenvalue weighted by Gasteiger charge is 2.26. The smallest absolute Gasteiger partial charge is 0.243 e. The largest absolute Gasteiger partial charge is 0.360 e. The molecule has 2 aromatic carbocycles. The molecule has 0 saturated heterocycles. The maximum Gasteiger partial charge on any atom is 0.243 e. The van der Waals surface area contributed by atoms with Crippen LogP contribution in [0.3, 0.4) is 0 Å². The molecule has 2 heterocycles. The summed E-state index contributed by atoms with van der Waals surface area (Å²) in [6.07, 6.45) is 0. The number of thioether (sulfide) groups is 1. The van der Waals surface area contributed by atoms with Crippen LogP contribution >= 0.6 is 11.8 Å². The summed E-state index contributed by atoms with van der Waals surface area (Å²) in [7, 11) is 0. The number of rotatable bonds is 6. The molecule has 1 amide bonds. The Morgan fingerprint density at radius 3 is 2.55 bits per heavy atom. The fraction of sp³-hybridized carbons (Fsp3) is 0.150. The van der Waals surface area contributed by atoms with E-state index >= 15 is 0 Å². The van der Waals surface area contributed by atoms with Gasteiger partial charge in [-0.1, -0.05) is 64.9 Å². The summed E-state index contributed by atoms with van der Waals surface area (Å²) in [5.74, 6) is 0.743. The summed E-state index contributed by atoms with van der Waals surface area (Å²) < 4.78 is 6.65. The number of tetrazole rings is 1. The van der Waals surface area contributed by atoms with E-state index < -0.39 is 5.25 Å². The number of aryl methyl sites for hydroxylation is 2. The quantitative estimate of drug-likeness (QED) is 0.487. The standard InChI is InChI=1S/C20H18N6O2S/c1-13-8-10-16(11-9-13)26-20(22-24-25-26)29-18(15-6-4-3-5-7-15)19(27)21-17-12-14(2)28-23-17/h3-12,18H,1-2H3,(H,21,23,27). The van der Waals surface area contributed by atoms with Crippen LogP contribution in [0, 0.1) is 13.8 Å². The number of carbonyl (C=O) groups excluding carboxylic acids is 1. The number of benzene rings is 2. The molecule has 4 aromatic rings. The number of amides is 1.